The zero-order chi connectivity index (χ0) is 10.4. The third-order valence-corrected chi connectivity index (χ3v) is 1.85. The van der Waals surface area contributed by atoms with Crippen molar-refractivity contribution in [3.8, 4) is 0 Å². The van der Waals surface area contributed by atoms with E-state index in [-0.39, 0.29) is 11.9 Å². The first kappa shape index (κ1) is 12.4. The van der Waals surface area contributed by atoms with E-state index >= 15 is 0 Å². The minimum Gasteiger partial charge on any atom is -0.349 e. The summed E-state index contributed by atoms with van der Waals surface area (Å²) in [6, 6.07) is 0.275. The second-order valence-corrected chi connectivity index (χ2v) is 4.20. The number of amides is 1. The molecule has 0 aromatic carbocycles. The Morgan fingerprint density at radius 2 is 1.85 bits per heavy atom. The van der Waals surface area contributed by atoms with Gasteiger partial charge in [0.15, 0.2) is 0 Å². The van der Waals surface area contributed by atoms with Crippen molar-refractivity contribution in [3.63, 3.8) is 0 Å². The average molecular weight is 186 g/mol. The van der Waals surface area contributed by atoms with Gasteiger partial charge < -0.3 is 10.2 Å². The summed E-state index contributed by atoms with van der Waals surface area (Å²) in [5.41, 5.74) is 0. The smallest absolute Gasteiger partial charge is 0.223 e. The molecular formula is C10H22N2O. The lowest BCUT2D eigenvalue weighted by Crippen LogP contribution is -2.35. The van der Waals surface area contributed by atoms with Crippen LogP contribution in [0.5, 0.6) is 0 Å². The molecule has 0 aliphatic carbocycles. The molecule has 0 aromatic heterocycles. The largest absolute Gasteiger partial charge is 0.349 e. The second kappa shape index (κ2) is 5.97. The molecule has 3 nitrogen and oxygen atoms in total. The number of hydrogen-bond donors (Lipinski definition) is 1. The van der Waals surface area contributed by atoms with Crippen LogP contribution in [0.4, 0.5) is 0 Å². The molecule has 1 unspecified atom stereocenters. The summed E-state index contributed by atoms with van der Waals surface area (Å²) in [5, 5.41) is 3.32. The molecule has 0 radical (unpaired) electrons. The van der Waals surface area contributed by atoms with Crippen molar-refractivity contribution in [1.82, 2.24) is 10.2 Å². The Labute approximate surface area is 81.5 Å². The Hall–Kier alpha value is -0.570. The van der Waals surface area contributed by atoms with Crippen LogP contribution in [0.25, 0.3) is 0 Å². The molecular weight excluding hydrogens is 164 g/mol. The van der Waals surface area contributed by atoms with E-state index in [1.807, 2.05) is 6.92 Å². The third kappa shape index (κ3) is 6.58. The molecule has 0 saturated heterocycles. The van der Waals surface area contributed by atoms with Crippen molar-refractivity contribution in [2.75, 3.05) is 20.6 Å². The Bertz CT molecular complexity index is 155. The molecule has 0 saturated carbocycles. The van der Waals surface area contributed by atoms with E-state index < -0.39 is 0 Å². The summed E-state index contributed by atoms with van der Waals surface area (Å²) < 4.78 is 0. The van der Waals surface area contributed by atoms with Crippen LogP contribution in [0.3, 0.4) is 0 Å². The van der Waals surface area contributed by atoms with Gasteiger partial charge in [-0.3, -0.25) is 4.79 Å². The summed E-state index contributed by atoms with van der Waals surface area (Å²) >= 11 is 0. The topological polar surface area (TPSA) is 32.3 Å². The highest BCUT2D eigenvalue weighted by atomic mass is 16.2. The molecule has 0 aromatic rings. The summed E-state index contributed by atoms with van der Waals surface area (Å²) in [4.78, 5) is 12.9. The van der Waals surface area contributed by atoms with Crippen molar-refractivity contribution in [2.45, 2.75) is 33.2 Å². The molecule has 78 valence electrons. The van der Waals surface area contributed by atoms with E-state index in [0.717, 1.165) is 6.54 Å². The van der Waals surface area contributed by atoms with E-state index in [1.54, 1.807) is 19.0 Å². The Morgan fingerprint density at radius 3 is 2.23 bits per heavy atom. The van der Waals surface area contributed by atoms with Crippen LogP contribution in [0, 0.1) is 5.92 Å². The van der Waals surface area contributed by atoms with Crippen LogP contribution in [0.2, 0.25) is 0 Å². The summed E-state index contributed by atoms with van der Waals surface area (Å²) in [6.07, 6.45) is 0.583. The molecule has 0 aliphatic heterocycles. The molecule has 1 N–H and O–H groups in total. The lowest BCUT2D eigenvalue weighted by atomic mass is 10.1. The standard InChI is InChI=1S/C10H22N2O/c1-8(2)7-11-9(3)6-10(13)12(4)5/h8-9,11H,6-7H2,1-5H3. The molecule has 0 fully saturated rings. The van der Waals surface area contributed by atoms with Crippen LogP contribution in [0.1, 0.15) is 27.2 Å². The van der Waals surface area contributed by atoms with Crippen LogP contribution < -0.4 is 5.32 Å². The highest BCUT2D eigenvalue weighted by Gasteiger charge is 2.09. The maximum atomic E-state index is 11.3. The fourth-order valence-corrected chi connectivity index (χ4v) is 0.954. The SMILES string of the molecule is CC(C)CNC(C)CC(=O)N(C)C. The van der Waals surface area contributed by atoms with E-state index in [0.29, 0.717) is 12.3 Å². The van der Waals surface area contributed by atoms with Gasteiger partial charge in [-0.25, -0.2) is 0 Å². The molecule has 1 atom stereocenters. The number of nitrogens with one attached hydrogen (secondary N) is 1. The number of hydrogen-bond acceptors (Lipinski definition) is 2. The van der Waals surface area contributed by atoms with E-state index in [4.69, 9.17) is 0 Å². The number of rotatable bonds is 5. The maximum Gasteiger partial charge on any atom is 0.223 e. The van der Waals surface area contributed by atoms with Crippen molar-refractivity contribution in [2.24, 2.45) is 5.92 Å². The quantitative estimate of drug-likeness (QED) is 0.697. The molecule has 0 rings (SSSR count). The van der Waals surface area contributed by atoms with Crippen LogP contribution in [-0.2, 0) is 4.79 Å². The minimum atomic E-state index is 0.184. The third-order valence-electron chi connectivity index (χ3n) is 1.85. The lowest BCUT2D eigenvalue weighted by molar-refractivity contribution is -0.129. The first-order valence-electron chi connectivity index (χ1n) is 4.87. The number of carbonyl (C=O) groups excluding carboxylic acids is 1. The molecule has 0 heterocycles. The molecule has 13 heavy (non-hydrogen) atoms. The first-order chi connectivity index (χ1) is 5.93. The fraction of sp³-hybridized carbons (Fsp3) is 0.900. The molecule has 3 heteroatoms. The highest BCUT2D eigenvalue weighted by molar-refractivity contribution is 5.76. The maximum absolute atomic E-state index is 11.3. The Kier molecular flexibility index (Phi) is 5.71. The first-order valence-corrected chi connectivity index (χ1v) is 4.87. The zero-order valence-corrected chi connectivity index (χ0v) is 9.42. The van der Waals surface area contributed by atoms with Crippen molar-refractivity contribution in [1.29, 1.82) is 0 Å². The molecule has 0 bridgehead atoms. The lowest BCUT2D eigenvalue weighted by Gasteiger charge is -2.17. The second-order valence-electron chi connectivity index (χ2n) is 4.20. The average Bonchev–Trinajstić information content (AvgIpc) is 2.00. The summed E-state index contributed by atoms with van der Waals surface area (Å²) in [6.45, 7) is 7.34. The van der Waals surface area contributed by atoms with Gasteiger partial charge >= 0.3 is 0 Å². The van der Waals surface area contributed by atoms with Gasteiger partial charge in [0.25, 0.3) is 0 Å². The fourth-order valence-electron chi connectivity index (χ4n) is 0.954. The van der Waals surface area contributed by atoms with E-state index in [2.05, 4.69) is 19.2 Å². The van der Waals surface area contributed by atoms with Gasteiger partial charge in [-0.05, 0) is 19.4 Å². The zero-order valence-electron chi connectivity index (χ0n) is 9.42. The van der Waals surface area contributed by atoms with Gasteiger partial charge in [-0.15, -0.1) is 0 Å². The predicted octanol–water partition coefficient (Wildman–Crippen LogP) is 1.10. The van der Waals surface area contributed by atoms with Crippen molar-refractivity contribution < 1.29 is 4.79 Å². The molecule has 0 spiro atoms. The van der Waals surface area contributed by atoms with Crippen molar-refractivity contribution in [3.05, 3.63) is 0 Å². The van der Waals surface area contributed by atoms with Crippen LogP contribution in [-0.4, -0.2) is 37.5 Å². The highest BCUT2D eigenvalue weighted by Crippen LogP contribution is 1.96. The normalized spacial score (nSPS) is 13.1. The molecule has 0 aliphatic rings. The van der Waals surface area contributed by atoms with Gasteiger partial charge in [0.2, 0.25) is 5.91 Å². The Balaban J connectivity index is 3.62. The van der Waals surface area contributed by atoms with Crippen LogP contribution in [0.15, 0.2) is 0 Å². The molecule has 1 amide bonds. The van der Waals surface area contributed by atoms with E-state index in [9.17, 15) is 4.79 Å². The van der Waals surface area contributed by atoms with Gasteiger partial charge in [0.1, 0.15) is 0 Å². The minimum absolute atomic E-state index is 0.184. The Morgan fingerprint density at radius 1 is 1.31 bits per heavy atom. The number of nitrogens with zero attached hydrogens (tertiary/aromatic N) is 1. The van der Waals surface area contributed by atoms with Crippen LogP contribution >= 0.6 is 0 Å². The monoisotopic (exact) mass is 186 g/mol. The number of carbonyl (C=O) groups is 1. The van der Waals surface area contributed by atoms with Gasteiger partial charge in [-0.2, -0.15) is 0 Å². The predicted molar refractivity (Wildman–Crippen MR) is 55.6 cm³/mol. The van der Waals surface area contributed by atoms with Gasteiger partial charge in [-0.1, -0.05) is 13.8 Å². The van der Waals surface area contributed by atoms with Crippen molar-refractivity contribution >= 4 is 5.91 Å². The van der Waals surface area contributed by atoms with Gasteiger partial charge in [0.05, 0.1) is 0 Å². The summed E-state index contributed by atoms with van der Waals surface area (Å²) in [5.74, 6) is 0.820. The van der Waals surface area contributed by atoms with Gasteiger partial charge in [0, 0.05) is 26.6 Å². The summed E-state index contributed by atoms with van der Waals surface area (Å²) in [7, 11) is 3.58. The van der Waals surface area contributed by atoms with E-state index in [1.165, 1.54) is 0 Å².